The molecule has 0 spiro atoms. The third kappa shape index (κ3) is 1.00. The van der Waals surface area contributed by atoms with E-state index in [-0.39, 0.29) is 5.82 Å². The number of aromatic nitrogens is 3. The molecule has 0 radical (unpaired) electrons. The van der Waals surface area contributed by atoms with Crippen molar-refractivity contribution in [2.75, 3.05) is 0 Å². The quantitative estimate of drug-likeness (QED) is 0.665. The van der Waals surface area contributed by atoms with Gasteiger partial charge < -0.3 is 4.98 Å². The predicted octanol–water partition coefficient (Wildman–Crippen LogP) is 1.48. The first-order chi connectivity index (χ1) is 5.79. The molecule has 0 aliphatic heterocycles. The summed E-state index contributed by atoms with van der Waals surface area (Å²) in [5.74, 6) is 0.250. The number of fused-ring (bicyclic) bond motifs is 1. The Morgan fingerprint density at radius 3 is 3.17 bits per heavy atom. The maximum absolute atomic E-state index is 8.50. The van der Waals surface area contributed by atoms with Crippen molar-refractivity contribution in [2.24, 2.45) is 0 Å². The standard InChI is InChI=1S/C7H3ClN4/c8-4-1-5-7(10-3-4)12-6(2-9)11-5/h1,3H,(H,10,11,12). The van der Waals surface area contributed by atoms with E-state index >= 15 is 0 Å². The third-order valence-electron chi connectivity index (χ3n) is 1.41. The zero-order valence-electron chi connectivity index (χ0n) is 5.87. The first kappa shape index (κ1) is 7.07. The highest BCUT2D eigenvalue weighted by molar-refractivity contribution is 6.30. The van der Waals surface area contributed by atoms with Crippen LogP contribution in [0.1, 0.15) is 5.82 Å². The zero-order chi connectivity index (χ0) is 8.55. The lowest BCUT2D eigenvalue weighted by Crippen LogP contribution is -1.75. The lowest BCUT2D eigenvalue weighted by Gasteiger charge is -1.86. The molecule has 0 fully saturated rings. The Balaban J connectivity index is 2.77. The second-order valence-electron chi connectivity index (χ2n) is 2.22. The molecule has 0 atom stereocenters. The molecule has 0 aliphatic carbocycles. The van der Waals surface area contributed by atoms with Gasteiger partial charge in [-0.25, -0.2) is 4.98 Å². The second-order valence-corrected chi connectivity index (χ2v) is 2.66. The fourth-order valence-corrected chi connectivity index (χ4v) is 1.09. The van der Waals surface area contributed by atoms with E-state index in [1.165, 1.54) is 6.20 Å². The summed E-state index contributed by atoms with van der Waals surface area (Å²) in [6, 6.07) is 3.56. The van der Waals surface area contributed by atoms with Gasteiger partial charge >= 0.3 is 0 Å². The largest absolute Gasteiger partial charge is 0.328 e. The summed E-state index contributed by atoms with van der Waals surface area (Å²) >= 11 is 5.68. The normalized spacial score (nSPS) is 10.0. The monoisotopic (exact) mass is 178 g/mol. The molecule has 2 aromatic rings. The SMILES string of the molecule is N#Cc1nc2ncc(Cl)cc2[nH]1. The van der Waals surface area contributed by atoms with E-state index in [1.54, 1.807) is 6.07 Å². The number of imidazole rings is 1. The van der Waals surface area contributed by atoms with Crippen molar-refractivity contribution >= 4 is 22.8 Å². The van der Waals surface area contributed by atoms with Gasteiger partial charge in [0.1, 0.15) is 6.07 Å². The highest BCUT2D eigenvalue weighted by Gasteiger charge is 2.02. The molecular weight excluding hydrogens is 176 g/mol. The van der Waals surface area contributed by atoms with E-state index in [0.29, 0.717) is 16.2 Å². The van der Waals surface area contributed by atoms with E-state index < -0.39 is 0 Å². The van der Waals surface area contributed by atoms with Crippen molar-refractivity contribution in [3.05, 3.63) is 23.1 Å². The maximum Gasteiger partial charge on any atom is 0.212 e. The van der Waals surface area contributed by atoms with E-state index in [9.17, 15) is 0 Å². The molecule has 5 heteroatoms. The van der Waals surface area contributed by atoms with Crippen LogP contribution in [0, 0.1) is 11.3 Å². The van der Waals surface area contributed by atoms with E-state index in [2.05, 4.69) is 15.0 Å². The molecule has 0 aromatic carbocycles. The van der Waals surface area contributed by atoms with Crippen molar-refractivity contribution in [1.29, 1.82) is 5.26 Å². The van der Waals surface area contributed by atoms with Crippen molar-refractivity contribution < 1.29 is 0 Å². The number of nitriles is 1. The molecule has 4 nitrogen and oxygen atoms in total. The molecule has 0 unspecified atom stereocenters. The average molecular weight is 179 g/mol. The maximum atomic E-state index is 8.50. The van der Waals surface area contributed by atoms with Crippen LogP contribution in [0.4, 0.5) is 0 Å². The van der Waals surface area contributed by atoms with Gasteiger partial charge in [0.05, 0.1) is 10.5 Å². The van der Waals surface area contributed by atoms with Crippen LogP contribution in [0.5, 0.6) is 0 Å². The molecule has 1 N–H and O–H groups in total. The van der Waals surface area contributed by atoms with Crippen molar-refractivity contribution in [3.8, 4) is 6.07 Å². The minimum absolute atomic E-state index is 0.250. The fraction of sp³-hybridized carbons (Fsp3) is 0. The minimum Gasteiger partial charge on any atom is -0.328 e. The highest BCUT2D eigenvalue weighted by atomic mass is 35.5. The van der Waals surface area contributed by atoms with Crippen LogP contribution in [0.2, 0.25) is 5.02 Å². The lowest BCUT2D eigenvalue weighted by molar-refractivity contribution is 1.23. The van der Waals surface area contributed by atoms with Crippen LogP contribution < -0.4 is 0 Å². The van der Waals surface area contributed by atoms with E-state index in [0.717, 1.165) is 0 Å². The Morgan fingerprint density at radius 1 is 1.58 bits per heavy atom. The van der Waals surface area contributed by atoms with Crippen LogP contribution in [0.25, 0.3) is 11.2 Å². The van der Waals surface area contributed by atoms with Crippen LogP contribution in [-0.4, -0.2) is 15.0 Å². The summed E-state index contributed by atoms with van der Waals surface area (Å²) in [4.78, 5) is 10.6. The van der Waals surface area contributed by atoms with Gasteiger partial charge in [-0.15, -0.1) is 0 Å². The number of H-pyrrole nitrogens is 1. The molecule has 2 rings (SSSR count). The first-order valence-electron chi connectivity index (χ1n) is 3.21. The Hall–Kier alpha value is -1.60. The summed E-state index contributed by atoms with van der Waals surface area (Å²) in [6.07, 6.45) is 1.49. The van der Waals surface area contributed by atoms with Crippen molar-refractivity contribution in [1.82, 2.24) is 15.0 Å². The Morgan fingerprint density at radius 2 is 2.42 bits per heavy atom. The fourth-order valence-electron chi connectivity index (χ4n) is 0.927. The molecule has 0 amide bonds. The van der Waals surface area contributed by atoms with Crippen LogP contribution in [-0.2, 0) is 0 Å². The summed E-state index contributed by atoms with van der Waals surface area (Å²) in [5, 5.41) is 9.03. The minimum atomic E-state index is 0.250. The number of nitrogens with zero attached hydrogens (tertiary/aromatic N) is 3. The third-order valence-corrected chi connectivity index (χ3v) is 1.62. The molecule has 0 saturated heterocycles. The number of rotatable bonds is 0. The van der Waals surface area contributed by atoms with E-state index in [1.807, 2.05) is 6.07 Å². The van der Waals surface area contributed by atoms with Gasteiger partial charge in [0.25, 0.3) is 0 Å². The molecule has 58 valence electrons. The molecule has 0 saturated carbocycles. The number of hydrogen-bond donors (Lipinski definition) is 1. The molecule has 2 aromatic heterocycles. The first-order valence-corrected chi connectivity index (χ1v) is 3.59. The Labute approximate surface area is 72.8 Å². The second kappa shape index (κ2) is 2.47. The lowest BCUT2D eigenvalue weighted by atomic mass is 10.4. The predicted molar refractivity (Wildman–Crippen MR) is 43.6 cm³/mol. The van der Waals surface area contributed by atoms with Crippen LogP contribution in [0.15, 0.2) is 12.3 Å². The average Bonchev–Trinajstić information content (AvgIpc) is 2.46. The smallest absolute Gasteiger partial charge is 0.212 e. The van der Waals surface area contributed by atoms with Crippen LogP contribution >= 0.6 is 11.6 Å². The highest BCUT2D eigenvalue weighted by Crippen LogP contribution is 2.13. The number of pyridine rings is 1. The number of hydrogen-bond acceptors (Lipinski definition) is 3. The van der Waals surface area contributed by atoms with Gasteiger partial charge in [-0.05, 0) is 6.07 Å². The zero-order valence-corrected chi connectivity index (χ0v) is 6.63. The molecule has 0 aliphatic rings. The van der Waals surface area contributed by atoms with Crippen molar-refractivity contribution in [2.45, 2.75) is 0 Å². The Kier molecular flexibility index (Phi) is 1.45. The van der Waals surface area contributed by atoms with Crippen molar-refractivity contribution in [3.63, 3.8) is 0 Å². The number of aromatic amines is 1. The summed E-state index contributed by atoms with van der Waals surface area (Å²) in [5.41, 5.74) is 1.19. The van der Waals surface area contributed by atoms with Gasteiger partial charge in [-0.3, -0.25) is 0 Å². The summed E-state index contributed by atoms with van der Waals surface area (Å²) in [7, 11) is 0. The van der Waals surface area contributed by atoms with Gasteiger partial charge in [-0.2, -0.15) is 10.2 Å². The summed E-state index contributed by atoms with van der Waals surface area (Å²) < 4.78 is 0. The topological polar surface area (TPSA) is 65.4 Å². The Bertz CT molecular complexity index is 468. The molecular formula is C7H3ClN4. The van der Waals surface area contributed by atoms with Gasteiger partial charge in [0.15, 0.2) is 5.65 Å². The van der Waals surface area contributed by atoms with Gasteiger partial charge in [-0.1, -0.05) is 11.6 Å². The van der Waals surface area contributed by atoms with Crippen LogP contribution in [0.3, 0.4) is 0 Å². The summed E-state index contributed by atoms with van der Waals surface area (Å²) in [6.45, 7) is 0. The molecule has 12 heavy (non-hydrogen) atoms. The molecule has 0 bridgehead atoms. The molecule has 2 heterocycles. The number of nitrogens with one attached hydrogen (secondary N) is 1. The van der Waals surface area contributed by atoms with E-state index in [4.69, 9.17) is 16.9 Å². The van der Waals surface area contributed by atoms with Gasteiger partial charge in [0.2, 0.25) is 5.82 Å². The van der Waals surface area contributed by atoms with Gasteiger partial charge in [0, 0.05) is 6.20 Å². The number of halogens is 1.